The Balaban J connectivity index is 1.94. The average Bonchev–Trinajstić information content (AvgIpc) is 2.73. The van der Waals surface area contributed by atoms with Gasteiger partial charge >= 0.3 is 0 Å². The smallest absolute Gasteiger partial charge is 0.223 e. The molecule has 0 atom stereocenters. The molecular weight excluding hydrogens is 244 g/mol. The Hall–Kier alpha value is -1.68. The van der Waals surface area contributed by atoms with Gasteiger partial charge in [0.1, 0.15) is 0 Å². The first-order chi connectivity index (χ1) is 8.63. The predicted molar refractivity (Wildman–Crippen MR) is 75.0 cm³/mol. The molecule has 0 fully saturated rings. The van der Waals surface area contributed by atoms with Gasteiger partial charge in [-0.2, -0.15) is 0 Å². The molecule has 18 heavy (non-hydrogen) atoms. The molecule has 2 rings (SSSR count). The second-order valence-corrected chi connectivity index (χ2v) is 5.17. The topological polar surface area (TPSA) is 42.0 Å². The van der Waals surface area contributed by atoms with Crippen LogP contribution in [0.1, 0.15) is 23.7 Å². The molecule has 1 amide bonds. The number of hydrogen-bond acceptors (Lipinski definition) is 3. The minimum Gasteiger partial charge on any atom is -0.302 e. The lowest BCUT2D eigenvalue weighted by Crippen LogP contribution is -2.05. The third-order valence-electron chi connectivity index (χ3n) is 2.59. The summed E-state index contributed by atoms with van der Waals surface area (Å²) >= 11 is 1.47. The van der Waals surface area contributed by atoms with Crippen LogP contribution >= 0.6 is 11.3 Å². The zero-order valence-corrected chi connectivity index (χ0v) is 11.4. The minimum absolute atomic E-state index is 0.0745. The number of aromatic nitrogens is 1. The van der Waals surface area contributed by atoms with Crippen LogP contribution in [0, 0.1) is 6.92 Å². The Morgan fingerprint density at radius 2 is 2.22 bits per heavy atom. The molecule has 0 bridgehead atoms. The lowest BCUT2D eigenvalue weighted by Gasteiger charge is -2.00. The van der Waals surface area contributed by atoms with Crippen molar-refractivity contribution in [3.05, 3.63) is 46.5 Å². The largest absolute Gasteiger partial charge is 0.302 e. The number of thiazole rings is 1. The zero-order chi connectivity index (χ0) is 13.0. The van der Waals surface area contributed by atoms with Crippen molar-refractivity contribution in [1.82, 2.24) is 4.98 Å². The highest BCUT2D eigenvalue weighted by Gasteiger charge is 2.03. The lowest BCUT2D eigenvalue weighted by molar-refractivity contribution is -0.114. The molecule has 0 unspecified atom stereocenters. The number of rotatable bonds is 4. The standard InChI is InChI=1S/C14H16N2OS/c1-10-4-3-5-12(8-10)6-7-13-9-18-14(16-13)15-11(2)17/h3-5,8-9H,6-7H2,1-2H3,(H,15,16,17). The van der Waals surface area contributed by atoms with E-state index >= 15 is 0 Å². The molecular formula is C14H16N2OS. The fraction of sp³-hybridized carbons (Fsp3) is 0.286. The maximum absolute atomic E-state index is 10.9. The summed E-state index contributed by atoms with van der Waals surface area (Å²) in [7, 11) is 0. The Bertz CT molecular complexity index is 548. The number of anilines is 1. The Morgan fingerprint density at radius 1 is 1.39 bits per heavy atom. The van der Waals surface area contributed by atoms with Crippen LogP contribution in [0.3, 0.4) is 0 Å². The molecule has 1 heterocycles. The van der Waals surface area contributed by atoms with Crippen molar-refractivity contribution in [2.75, 3.05) is 5.32 Å². The van der Waals surface area contributed by atoms with E-state index in [2.05, 4.69) is 41.5 Å². The van der Waals surface area contributed by atoms with E-state index in [0.29, 0.717) is 5.13 Å². The summed E-state index contributed by atoms with van der Waals surface area (Å²) in [5.74, 6) is -0.0745. The van der Waals surface area contributed by atoms with Gasteiger partial charge in [0, 0.05) is 12.3 Å². The van der Waals surface area contributed by atoms with E-state index in [9.17, 15) is 4.79 Å². The number of carbonyl (C=O) groups excluding carboxylic acids is 1. The van der Waals surface area contributed by atoms with Gasteiger partial charge in [-0.05, 0) is 25.3 Å². The van der Waals surface area contributed by atoms with Crippen LogP contribution in [0.4, 0.5) is 5.13 Å². The van der Waals surface area contributed by atoms with E-state index in [0.717, 1.165) is 18.5 Å². The minimum atomic E-state index is -0.0745. The van der Waals surface area contributed by atoms with E-state index in [-0.39, 0.29) is 5.91 Å². The zero-order valence-electron chi connectivity index (χ0n) is 10.6. The number of carbonyl (C=O) groups is 1. The van der Waals surface area contributed by atoms with Crippen LogP contribution in [0.5, 0.6) is 0 Å². The van der Waals surface area contributed by atoms with Crippen LogP contribution in [0.15, 0.2) is 29.6 Å². The molecule has 94 valence electrons. The molecule has 0 aliphatic rings. The number of nitrogens with zero attached hydrogens (tertiary/aromatic N) is 1. The quantitative estimate of drug-likeness (QED) is 0.917. The van der Waals surface area contributed by atoms with Gasteiger partial charge in [0.2, 0.25) is 5.91 Å². The fourth-order valence-corrected chi connectivity index (χ4v) is 2.56. The summed E-state index contributed by atoms with van der Waals surface area (Å²) in [5, 5.41) is 5.38. The third kappa shape index (κ3) is 3.67. The molecule has 2 aromatic rings. The molecule has 0 aliphatic heterocycles. The number of hydrogen-bond donors (Lipinski definition) is 1. The SMILES string of the molecule is CC(=O)Nc1nc(CCc2cccc(C)c2)cs1. The number of benzene rings is 1. The van der Waals surface area contributed by atoms with Crippen LogP contribution in [-0.2, 0) is 17.6 Å². The van der Waals surface area contributed by atoms with Crippen molar-refractivity contribution < 1.29 is 4.79 Å². The highest BCUT2D eigenvalue weighted by Crippen LogP contribution is 2.17. The van der Waals surface area contributed by atoms with E-state index in [1.54, 1.807) is 0 Å². The summed E-state index contributed by atoms with van der Waals surface area (Å²) in [4.78, 5) is 15.3. The predicted octanol–water partition coefficient (Wildman–Crippen LogP) is 3.20. The van der Waals surface area contributed by atoms with Gasteiger partial charge in [-0.3, -0.25) is 4.79 Å². The maximum Gasteiger partial charge on any atom is 0.223 e. The fourth-order valence-electron chi connectivity index (χ4n) is 1.77. The normalized spacial score (nSPS) is 10.3. The number of aryl methyl sites for hydroxylation is 3. The number of amides is 1. The molecule has 1 aromatic heterocycles. The molecule has 1 aromatic carbocycles. The van der Waals surface area contributed by atoms with E-state index in [4.69, 9.17) is 0 Å². The van der Waals surface area contributed by atoms with Crippen LogP contribution in [0.25, 0.3) is 0 Å². The molecule has 3 nitrogen and oxygen atoms in total. The van der Waals surface area contributed by atoms with Gasteiger partial charge in [0.25, 0.3) is 0 Å². The van der Waals surface area contributed by atoms with E-state index in [1.807, 2.05) is 5.38 Å². The van der Waals surface area contributed by atoms with Crippen molar-refractivity contribution in [3.63, 3.8) is 0 Å². The third-order valence-corrected chi connectivity index (χ3v) is 3.39. The van der Waals surface area contributed by atoms with Crippen molar-refractivity contribution in [3.8, 4) is 0 Å². The summed E-state index contributed by atoms with van der Waals surface area (Å²) in [5.41, 5.74) is 3.64. The van der Waals surface area contributed by atoms with Crippen molar-refractivity contribution >= 4 is 22.4 Å². The second-order valence-electron chi connectivity index (χ2n) is 4.31. The van der Waals surface area contributed by atoms with E-state index in [1.165, 1.54) is 29.4 Å². The Kier molecular flexibility index (Phi) is 4.10. The summed E-state index contributed by atoms with van der Waals surface area (Å²) < 4.78 is 0. The molecule has 0 saturated heterocycles. The van der Waals surface area contributed by atoms with Gasteiger partial charge in [0.05, 0.1) is 5.69 Å². The monoisotopic (exact) mass is 260 g/mol. The van der Waals surface area contributed by atoms with Crippen molar-refractivity contribution in [2.45, 2.75) is 26.7 Å². The van der Waals surface area contributed by atoms with Crippen LogP contribution in [-0.4, -0.2) is 10.9 Å². The highest BCUT2D eigenvalue weighted by molar-refractivity contribution is 7.13. The van der Waals surface area contributed by atoms with Crippen LogP contribution < -0.4 is 5.32 Å². The average molecular weight is 260 g/mol. The second kappa shape index (κ2) is 5.78. The van der Waals surface area contributed by atoms with Gasteiger partial charge < -0.3 is 5.32 Å². The molecule has 4 heteroatoms. The number of nitrogens with one attached hydrogen (secondary N) is 1. The van der Waals surface area contributed by atoms with Gasteiger partial charge in [-0.1, -0.05) is 29.8 Å². The van der Waals surface area contributed by atoms with Gasteiger partial charge in [0.15, 0.2) is 5.13 Å². The molecule has 0 aliphatic carbocycles. The maximum atomic E-state index is 10.9. The summed E-state index contributed by atoms with van der Waals surface area (Å²) in [6, 6.07) is 8.50. The summed E-state index contributed by atoms with van der Waals surface area (Å²) in [6.07, 6.45) is 1.88. The summed E-state index contributed by atoms with van der Waals surface area (Å²) in [6.45, 7) is 3.59. The molecule has 0 saturated carbocycles. The highest BCUT2D eigenvalue weighted by atomic mass is 32.1. The van der Waals surface area contributed by atoms with E-state index < -0.39 is 0 Å². The molecule has 1 N–H and O–H groups in total. The lowest BCUT2D eigenvalue weighted by atomic mass is 10.1. The first kappa shape index (κ1) is 12.8. The molecule has 0 radical (unpaired) electrons. The van der Waals surface area contributed by atoms with Crippen LogP contribution in [0.2, 0.25) is 0 Å². The Morgan fingerprint density at radius 3 is 2.94 bits per heavy atom. The van der Waals surface area contributed by atoms with Gasteiger partial charge in [-0.15, -0.1) is 11.3 Å². The first-order valence-electron chi connectivity index (χ1n) is 5.91. The van der Waals surface area contributed by atoms with Gasteiger partial charge in [-0.25, -0.2) is 4.98 Å². The van der Waals surface area contributed by atoms with Crippen molar-refractivity contribution in [2.24, 2.45) is 0 Å². The Labute approximate surface area is 111 Å². The first-order valence-corrected chi connectivity index (χ1v) is 6.79. The van der Waals surface area contributed by atoms with Crippen molar-refractivity contribution in [1.29, 1.82) is 0 Å². The molecule has 0 spiro atoms.